The molecule has 2 heteroatoms. The molecule has 0 amide bonds. The van der Waals surface area contributed by atoms with E-state index < -0.39 is 0 Å². The lowest BCUT2D eigenvalue weighted by atomic mass is 9.92. The van der Waals surface area contributed by atoms with E-state index in [1.807, 2.05) is 12.1 Å². The maximum absolute atomic E-state index is 12.9. The Morgan fingerprint density at radius 3 is 2.21 bits per heavy atom. The summed E-state index contributed by atoms with van der Waals surface area (Å²) in [5, 5.41) is 0. The highest BCUT2D eigenvalue weighted by molar-refractivity contribution is 5.22. The minimum atomic E-state index is -0.170. The number of hydrogen-bond acceptors (Lipinski definition) is 0. The van der Waals surface area contributed by atoms with Crippen LogP contribution >= 0.6 is 0 Å². The second kappa shape index (κ2) is 5.20. The van der Waals surface area contributed by atoms with E-state index in [9.17, 15) is 4.39 Å². The summed E-state index contributed by atoms with van der Waals surface area (Å²) in [6.45, 7) is 9.78. The highest BCUT2D eigenvalue weighted by atomic mass is 19.1. The zero-order valence-electron chi connectivity index (χ0n) is 12.2. The number of halogens is 1. The molecule has 1 heterocycles. The summed E-state index contributed by atoms with van der Waals surface area (Å²) in [6.07, 6.45) is 0.929. The maximum atomic E-state index is 12.9. The maximum Gasteiger partial charge on any atom is 0.123 e. The van der Waals surface area contributed by atoms with Gasteiger partial charge in [-0.2, -0.15) is 0 Å². The quantitative estimate of drug-likeness (QED) is 0.766. The van der Waals surface area contributed by atoms with Crippen molar-refractivity contribution in [2.75, 3.05) is 0 Å². The molecule has 0 aliphatic carbocycles. The molecule has 0 bridgehead atoms. The van der Waals surface area contributed by atoms with Gasteiger partial charge in [-0.05, 0) is 43.2 Å². The van der Waals surface area contributed by atoms with Crippen LogP contribution in [0.1, 0.15) is 37.7 Å². The highest BCUT2D eigenvalue weighted by Crippen LogP contribution is 2.25. The number of hydrogen-bond donors (Lipinski definition) is 0. The van der Waals surface area contributed by atoms with Crippen molar-refractivity contribution in [3.63, 3.8) is 0 Å². The minimum Gasteiger partial charge on any atom is -0.348 e. The van der Waals surface area contributed by atoms with Crippen molar-refractivity contribution in [2.45, 2.75) is 46.1 Å². The van der Waals surface area contributed by atoms with Gasteiger partial charge < -0.3 is 4.57 Å². The largest absolute Gasteiger partial charge is 0.348 e. The third-order valence-electron chi connectivity index (χ3n) is 3.50. The molecule has 0 fully saturated rings. The molecule has 0 atom stereocenters. The van der Waals surface area contributed by atoms with E-state index in [-0.39, 0.29) is 11.2 Å². The first-order chi connectivity index (χ1) is 8.88. The van der Waals surface area contributed by atoms with E-state index in [4.69, 9.17) is 0 Å². The van der Waals surface area contributed by atoms with Crippen molar-refractivity contribution in [3.8, 4) is 0 Å². The summed E-state index contributed by atoms with van der Waals surface area (Å²) in [6, 6.07) is 11.2. The fourth-order valence-corrected chi connectivity index (χ4v) is 2.41. The molecule has 1 aromatic heterocycles. The molecule has 1 nitrogen and oxygen atoms in total. The molecule has 0 saturated heterocycles. The zero-order chi connectivity index (χ0) is 14.0. The first kappa shape index (κ1) is 13.9. The third-order valence-corrected chi connectivity index (χ3v) is 3.50. The third kappa shape index (κ3) is 3.25. The second-order valence-electron chi connectivity index (χ2n) is 6.14. The van der Waals surface area contributed by atoms with Gasteiger partial charge in [0.2, 0.25) is 0 Å². The lowest BCUT2D eigenvalue weighted by Gasteiger charge is -2.22. The summed E-state index contributed by atoms with van der Waals surface area (Å²) >= 11 is 0. The van der Waals surface area contributed by atoms with Crippen molar-refractivity contribution in [3.05, 3.63) is 59.2 Å². The Morgan fingerprint density at radius 2 is 1.63 bits per heavy atom. The Balaban J connectivity index is 2.15. The van der Waals surface area contributed by atoms with Crippen molar-refractivity contribution >= 4 is 0 Å². The Bertz CT molecular complexity index is 544. The van der Waals surface area contributed by atoms with Crippen LogP contribution in [-0.2, 0) is 18.4 Å². The number of rotatable bonds is 3. The molecule has 0 unspecified atom stereocenters. The van der Waals surface area contributed by atoms with Gasteiger partial charge in [-0.1, -0.05) is 32.9 Å². The first-order valence-corrected chi connectivity index (χ1v) is 6.79. The van der Waals surface area contributed by atoms with Gasteiger partial charge in [0.25, 0.3) is 0 Å². The summed E-state index contributed by atoms with van der Waals surface area (Å²) in [4.78, 5) is 0. The predicted molar refractivity (Wildman–Crippen MR) is 78.0 cm³/mol. The van der Waals surface area contributed by atoms with E-state index in [2.05, 4.69) is 44.4 Å². The standard InChI is InChI=1S/C17H22FN/c1-13-5-10-16(17(2,3)4)19(13)12-11-14-6-8-15(18)9-7-14/h5-10H,11-12H2,1-4H3. The smallest absolute Gasteiger partial charge is 0.123 e. The predicted octanol–water partition coefficient (Wildman–Crippen LogP) is 4.48. The summed E-state index contributed by atoms with van der Waals surface area (Å²) < 4.78 is 15.2. The lowest BCUT2D eigenvalue weighted by molar-refractivity contribution is 0.511. The molecule has 2 aromatic rings. The van der Waals surface area contributed by atoms with Gasteiger partial charge in [-0.15, -0.1) is 0 Å². The molecule has 2 rings (SSSR count). The van der Waals surface area contributed by atoms with Gasteiger partial charge in [0.05, 0.1) is 0 Å². The minimum absolute atomic E-state index is 0.150. The second-order valence-corrected chi connectivity index (χ2v) is 6.14. The molecule has 19 heavy (non-hydrogen) atoms. The first-order valence-electron chi connectivity index (χ1n) is 6.79. The van der Waals surface area contributed by atoms with E-state index >= 15 is 0 Å². The van der Waals surface area contributed by atoms with Gasteiger partial charge in [0, 0.05) is 23.3 Å². The Morgan fingerprint density at radius 1 is 1.00 bits per heavy atom. The van der Waals surface area contributed by atoms with E-state index in [1.165, 1.54) is 29.1 Å². The van der Waals surface area contributed by atoms with Gasteiger partial charge in [-0.25, -0.2) is 4.39 Å². The molecular weight excluding hydrogens is 237 g/mol. The Kier molecular flexibility index (Phi) is 3.79. The van der Waals surface area contributed by atoms with Gasteiger partial charge >= 0.3 is 0 Å². The van der Waals surface area contributed by atoms with Crippen molar-refractivity contribution in [1.29, 1.82) is 0 Å². The van der Waals surface area contributed by atoms with Crippen LogP contribution in [0.2, 0.25) is 0 Å². The summed E-state index contributed by atoms with van der Waals surface area (Å²) in [7, 11) is 0. The van der Waals surface area contributed by atoms with E-state index in [0.717, 1.165) is 13.0 Å². The zero-order valence-corrected chi connectivity index (χ0v) is 12.2. The van der Waals surface area contributed by atoms with Gasteiger partial charge in [-0.3, -0.25) is 0 Å². The number of nitrogens with zero attached hydrogens (tertiary/aromatic N) is 1. The normalized spacial score (nSPS) is 11.8. The van der Waals surface area contributed by atoms with Crippen LogP contribution in [0.25, 0.3) is 0 Å². The summed E-state index contributed by atoms with van der Waals surface area (Å²) in [5.41, 5.74) is 3.96. The van der Waals surface area contributed by atoms with Crippen LogP contribution < -0.4 is 0 Å². The van der Waals surface area contributed by atoms with Crippen LogP contribution in [0.4, 0.5) is 4.39 Å². The van der Waals surface area contributed by atoms with Crippen LogP contribution in [0.15, 0.2) is 36.4 Å². The van der Waals surface area contributed by atoms with Crippen LogP contribution in [0, 0.1) is 12.7 Å². The Labute approximate surface area is 115 Å². The van der Waals surface area contributed by atoms with Gasteiger partial charge in [0.1, 0.15) is 5.82 Å². The molecule has 0 aliphatic heterocycles. The average molecular weight is 259 g/mol. The van der Waals surface area contributed by atoms with Gasteiger partial charge in [0.15, 0.2) is 0 Å². The highest BCUT2D eigenvalue weighted by Gasteiger charge is 2.18. The van der Waals surface area contributed by atoms with Crippen molar-refractivity contribution < 1.29 is 4.39 Å². The fourth-order valence-electron chi connectivity index (χ4n) is 2.41. The van der Waals surface area contributed by atoms with Crippen LogP contribution in [0.3, 0.4) is 0 Å². The SMILES string of the molecule is Cc1ccc(C(C)(C)C)n1CCc1ccc(F)cc1. The van der Waals surface area contributed by atoms with Crippen molar-refractivity contribution in [2.24, 2.45) is 0 Å². The lowest BCUT2D eigenvalue weighted by Crippen LogP contribution is -2.19. The number of aromatic nitrogens is 1. The van der Waals surface area contributed by atoms with E-state index in [0.29, 0.717) is 0 Å². The molecule has 102 valence electrons. The summed E-state index contributed by atoms with van der Waals surface area (Å²) in [5.74, 6) is -0.170. The monoisotopic (exact) mass is 259 g/mol. The fraction of sp³-hybridized carbons (Fsp3) is 0.412. The average Bonchev–Trinajstić information content (AvgIpc) is 2.70. The van der Waals surface area contributed by atoms with Crippen LogP contribution in [0.5, 0.6) is 0 Å². The topological polar surface area (TPSA) is 4.93 Å². The molecule has 0 saturated carbocycles. The Hall–Kier alpha value is -1.57. The molecular formula is C17H22FN. The number of benzene rings is 1. The molecule has 0 N–H and O–H groups in total. The molecule has 0 spiro atoms. The number of aryl methyl sites for hydroxylation is 2. The van der Waals surface area contributed by atoms with Crippen LogP contribution in [-0.4, -0.2) is 4.57 Å². The molecule has 1 aromatic carbocycles. The molecule has 0 radical (unpaired) electrons. The van der Waals surface area contributed by atoms with Crippen molar-refractivity contribution in [1.82, 2.24) is 4.57 Å². The molecule has 0 aliphatic rings. The van der Waals surface area contributed by atoms with E-state index in [1.54, 1.807) is 0 Å².